The summed E-state index contributed by atoms with van der Waals surface area (Å²) < 4.78 is 11.0. The summed E-state index contributed by atoms with van der Waals surface area (Å²) in [5, 5.41) is 4.03. The van der Waals surface area contributed by atoms with Gasteiger partial charge in [-0.3, -0.25) is 4.79 Å². The lowest BCUT2D eigenvalue weighted by Crippen LogP contribution is -2.07. The lowest BCUT2D eigenvalue weighted by atomic mass is 10.0. The van der Waals surface area contributed by atoms with Crippen LogP contribution in [-0.2, 0) is 22.6 Å². The minimum Gasteiger partial charge on any atom is -0.464 e. The molecule has 0 unspecified atom stereocenters. The Kier molecular flexibility index (Phi) is 4.58. The van der Waals surface area contributed by atoms with Gasteiger partial charge in [0, 0.05) is 10.9 Å². The number of rotatable bonds is 4. The standard InChI is InChI=1S/C21H14Cl2O3/c22-17-7-5-13(9-18(17)23)11-26-20(24)10-15-12-25-19-8-6-14-3-1-2-4-16(14)21(15)19/h1-9,12H,10-11H2. The van der Waals surface area contributed by atoms with Gasteiger partial charge in [-0.1, -0.05) is 59.6 Å². The lowest BCUT2D eigenvalue weighted by Gasteiger charge is -2.06. The normalized spacial score (nSPS) is 11.2. The van der Waals surface area contributed by atoms with Crippen molar-refractivity contribution < 1.29 is 13.9 Å². The molecule has 26 heavy (non-hydrogen) atoms. The zero-order chi connectivity index (χ0) is 18.1. The molecule has 0 N–H and O–H groups in total. The molecule has 3 nitrogen and oxygen atoms in total. The van der Waals surface area contributed by atoms with Crippen molar-refractivity contribution in [3.8, 4) is 0 Å². The number of ether oxygens (including phenoxy) is 1. The monoisotopic (exact) mass is 384 g/mol. The van der Waals surface area contributed by atoms with E-state index >= 15 is 0 Å². The average molecular weight is 385 g/mol. The molecule has 0 atom stereocenters. The number of esters is 1. The Hall–Kier alpha value is -2.49. The van der Waals surface area contributed by atoms with Gasteiger partial charge in [-0.15, -0.1) is 0 Å². The van der Waals surface area contributed by atoms with Crippen LogP contribution in [0.15, 0.2) is 65.3 Å². The first-order chi connectivity index (χ1) is 12.6. The predicted molar refractivity (Wildman–Crippen MR) is 104 cm³/mol. The first-order valence-corrected chi connectivity index (χ1v) is 8.85. The molecule has 0 fully saturated rings. The van der Waals surface area contributed by atoms with Gasteiger partial charge < -0.3 is 9.15 Å². The second-order valence-corrected chi connectivity index (χ2v) is 6.82. The fourth-order valence-electron chi connectivity index (χ4n) is 3.00. The van der Waals surface area contributed by atoms with Crippen molar-refractivity contribution in [3.05, 3.63) is 82.0 Å². The highest BCUT2D eigenvalue weighted by Crippen LogP contribution is 2.30. The molecule has 0 aliphatic rings. The van der Waals surface area contributed by atoms with Crippen LogP contribution in [0.2, 0.25) is 10.0 Å². The maximum atomic E-state index is 12.3. The number of hydrogen-bond acceptors (Lipinski definition) is 3. The van der Waals surface area contributed by atoms with Crippen molar-refractivity contribution in [3.63, 3.8) is 0 Å². The molecule has 0 radical (unpaired) electrons. The van der Waals surface area contributed by atoms with Crippen LogP contribution in [0.1, 0.15) is 11.1 Å². The van der Waals surface area contributed by atoms with Gasteiger partial charge in [0.2, 0.25) is 0 Å². The third kappa shape index (κ3) is 3.28. The molecule has 5 heteroatoms. The summed E-state index contributed by atoms with van der Waals surface area (Å²) in [7, 11) is 0. The largest absolute Gasteiger partial charge is 0.464 e. The highest BCUT2D eigenvalue weighted by atomic mass is 35.5. The molecule has 0 spiro atoms. The van der Waals surface area contributed by atoms with E-state index in [1.54, 1.807) is 24.5 Å². The Morgan fingerprint density at radius 1 is 1.00 bits per heavy atom. The number of fused-ring (bicyclic) bond motifs is 3. The van der Waals surface area contributed by atoms with Crippen LogP contribution < -0.4 is 0 Å². The third-order valence-corrected chi connectivity index (χ3v) is 5.00. The number of halogens is 2. The Morgan fingerprint density at radius 2 is 1.85 bits per heavy atom. The Bertz CT molecular complexity index is 1110. The number of carbonyl (C=O) groups is 1. The first-order valence-electron chi connectivity index (χ1n) is 8.09. The molecule has 0 aliphatic carbocycles. The fourth-order valence-corrected chi connectivity index (χ4v) is 3.33. The van der Waals surface area contributed by atoms with Crippen LogP contribution in [0.3, 0.4) is 0 Å². The summed E-state index contributed by atoms with van der Waals surface area (Å²) in [6, 6.07) is 17.1. The van der Waals surface area contributed by atoms with Gasteiger partial charge in [-0.2, -0.15) is 0 Å². The van der Waals surface area contributed by atoms with Crippen molar-refractivity contribution in [2.45, 2.75) is 13.0 Å². The number of benzene rings is 3. The fraction of sp³-hybridized carbons (Fsp3) is 0.0952. The molecule has 0 amide bonds. The van der Waals surface area contributed by atoms with Gasteiger partial charge in [0.25, 0.3) is 0 Å². The SMILES string of the molecule is O=C(Cc1coc2ccc3ccccc3c12)OCc1ccc(Cl)c(Cl)c1. The molecule has 1 heterocycles. The zero-order valence-corrected chi connectivity index (χ0v) is 15.2. The molecule has 0 bridgehead atoms. The summed E-state index contributed by atoms with van der Waals surface area (Å²) >= 11 is 11.9. The van der Waals surface area contributed by atoms with E-state index in [0.29, 0.717) is 10.0 Å². The molecule has 1 aromatic heterocycles. The summed E-state index contributed by atoms with van der Waals surface area (Å²) in [5.41, 5.74) is 2.36. The van der Waals surface area contributed by atoms with E-state index in [1.807, 2.05) is 36.4 Å². The molecular formula is C21H14Cl2O3. The van der Waals surface area contributed by atoms with Crippen molar-refractivity contribution in [1.29, 1.82) is 0 Å². The van der Waals surface area contributed by atoms with E-state index in [1.165, 1.54) is 0 Å². The van der Waals surface area contributed by atoms with E-state index in [-0.39, 0.29) is 19.0 Å². The molecular weight excluding hydrogens is 371 g/mol. The smallest absolute Gasteiger partial charge is 0.310 e. The van der Waals surface area contributed by atoms with Crippen LogP contribution in [0.4, 0.5) is 0 Å². The van der Waals surface area contributed by atoms with Gasteiger partial charge in [-0.25, -0.2) is 0 Å². The van der Waals surface area contributed by atoms with Crippen molar-refractivity contribution in [1.82, 2.24) is 0 Å². The first kappa shape index (κ1) is 17.0. The van der Waals surface area contributed by atoms with E-state index in [0.717, 1.165) is 32.9 Å². The molecule has 0 saturated carbocycles. The van der Waals surface area contributed by atoms with Crippen molar-refractivity contribution >= 4 is 50.9 Å². The zero-order valence-electron chi connectivity index (χ0n) is 13.7. The Balaban J connectivity index is 1.54. The molecule has 130 valence electrons. The van der Waals surface area contributed by atoms with Crippen LogP contribution >= 0.6 is 23.2 Å². The minimum absolute atomic E-state index is 0.141. The van der Waals surface area contributed by atoms with E-state index in [9.17, 15) is 4.79 Å². The molecule has 4 rings (SSSR count). The minimum atomic E-state index is -0.327. The van der Waals surface area contributed by atoms with Gasteiger partial charge in [-0.05, 0) is 34.5 Å². The van der Waals surface area contributed by atoms with E-state index in [4.69, 9.17) is 32.4 Å². The average Bonchev–Trinajstić information content (AvgIpc) is 3.06. The van der Waals surface area contributed by atoms with Crippen LogP contribution in [0, 0.1) is 0 Å². The summed E-state index contributed by atoms with van der Waals surface area (Å²) in [6.45, 7) is 0.145. The van der Waals surface area contributed by atoms with Crippen molar-refractivity contribution in [2.75, 3.05) is 0 Å². The lowest BCUT2D eigenvalue weighted by molar-refractivity contribution is -0.144. The Morgan fingerprint density at radius 3 is 2.69 bits per heavy atom. The topological polar surface area (TPSA) is 39.4 Å². The van der Waals surface area contributed by atoms with E-state index < -0.39 is 0 Å². The van der Waals surface area contributed by atoms with Gasteiger partial charge >= 0.3 is 5.97 Å². The van der Waals surface area contributed by atoms with E-state index in [2.05, 4.69) is 0 Å². The summed E-state index contributed by atoms with van der Waals surface area (Å²) in [5.74, 6) is -0.327. The highest BCUT2D eigenvalue weighted by Gasteiger charge is 2.14. The van der Waals surface area contributed by atoms with Crippen molar-refractivity contribution in [2.24, 2.45) is 0 Å². The number of hydrogen-bond donors (Lipinski definition) is 0. The third-order valence-electron chi connectivity index (χ3n) is 4.26. The molecule has 4 aromatic rings. The predicted octanol–water partition coefficient (Wildman–Crippen LogP) is 6.18. The molecule has 3 aromatic carbocycles. The second-order valence-electron chi connectivity index (χ2n) is 6.01. The maximum absolute atomic E-state index is 12.3. The second kappa shape index (κ2) is 7.02. The van der Waals surface area contributed by atoms with Gasteiger partial charge in [0.15, 0.2) is 0 Å². The summed E-state index contributed by atoms with van der Waals surface area (Å²) in [4.78, 5) is 12.3. The molecule has 0 saturated heterocycles. The van der Waals surface area contributed by atoms with Crippen LogP contribution in [0.25, 0.3) is 21.7 Å². The van der Waals surface area contributed by atoms with Crippen LogP contribution in [0.5, 0.6) is 0 Å². The summed E-state index contributed by atoms with van der Waals surface area (Å²) in [6.07, 6.45) is 1.76. The molecule has 0 aliphatic heterocycles. The van der Waals surface area contributed by atoms with Crippen LogP contribution in [-0.4, -0.2) is 5.97 Å². The van der Waals surface area contributed by atoms with Gasteiger partial charge in [0.1, 0.15) is 12.2 Å². The quantitative estimate of drug-likeness (QED) is 0.394. The number of furan rings is 1. The highest BCUT2D eigenvalue weighted by molar-refractivity contribution is 6.42. The maximum Gasteiger partial charge on any atom is 0.310 e. The van der Waals surface area contributed by atoms with Gasteiger partial charge in [0.05, 0.1) is 22.7 Å². The Labute approximate surface area is 160 Å². The number of carbonyl (C=O) groups excluding carboxylic acids is 1.